The first-order valence-corrected chi connectivity index (χ1v) is 8.91. The number of hydrazine groups is 1. The summed E-state index contributed by atoms with van der Waals surface area (Å²) in [6, 6.07) is 12.8. The Kier molecular flexibility index (Phi) is 7.32. The first kappa shape index (κ1) is 19.3. The Morgan fingerprint density at radius 3 is 2.64 bits per heavy atom. The molecule has 2 aromatic rings. The summed E-state index contributed by atoms with van der Waals surface area (Å²) in [7, 11) is 0. The average molecular weight is 397 g/mol. The van der Waals surface area contributed by atoms with Gasteiger partial charge in [0, 0.05) is 21.9 Å². The molecule has 0 atom stereocenters. The largest absolute Gasteiger partial charge is 0.465 e. The quantitative estimate of drug-likeness (QED) is 0.194. The fourth-order valence-electron chi connectivity index (χ4n) is 1.95. The summed E-state index contributed by atoms with van der Waals surface area (Å²) >= 11 is 12.3. The van der Waals surface area contributed by atoms with Crippen LogP contribution in [0, 0.1) is 5.41 Å². The lowest BCUT2D eigenvalue weighted by atomic mass is 10.2. The zero-order valence-corrected chi connectivity index (χ0v) is 15.5. The topological polar surface area (TPSA) is 106 Å². The maximum Gasteiger partial charge on any atom is 0.271 e. The van der Waals surface area contributed by atoms with E-state index in [1.165, 1.54) is 11.8 Å². The van der Waals surface area contributed by atoms with E-state index in [2.05, 4.69) is 5.43 Å². The average Bonchev–Trinajstić information content (AvgIpc) is 2.60. The van der Waals surface area contributed by atoms with E-state index in [1.807, 2.05) is 30.3 Å². The zero-order valence-electron chi connectivity index (χ0n) is 13.1. The summed E-state index contributed by atoms with van der Waals surface area (Å²) in [5, 5.41) is 8.02. The van der Waals surface area contributed by atoms with E-state index >= 15 is 0 Å². The number of hydrogen-bond acceptors (Lipinski definition) is 6. The Morgan fingerprint density at radius 1 is 1.20 bits per heavy atom. The molecule has 0 saturated carbocycles. The lowest BCUT2D eigenvalue weighted by molar-refractivity contribution is 0.282. The predicted octanol–water partition coefficient (Wildman–Crippen LogP) is 3.52. The Morgan fingerprint density at radius 2 is 1.92 bits per heavy atom. The molecule has 6 N–H and O–H groups in total. The molecule has 0 amide bonds. The highest BCUT2D eigenvalue weighted by Gasteiger charge is 2.12. The van der Waals surface area contributed by atoms with Crippen LogP contribution in [0.3, 0.4) is 0 Å². The number of nitrogens with one attached hydrogen (secondary N) is 2. The van der Waals surface area contributed by atoms with Crippen LogP contribution in [0.5, 0.6) is 11.5 Å². The van der Waals surface area contributed by atoms with Crippen LogP contribution in [0.15, 0.2) is 42.5 Å². The molecule has 0 aliphatic rings. The third-order valence-electron chi connectivity index (χ3n) is 3.12. The number of para-hydroxylation sites is 1. The number of halogens is 1. The van der Waals surface area contributed by atoms with Gasteiger partial charge in [-0.05, 0) is 30.4 Å². The minimum atomic E-state index is 0.0162. The second-order valence-corrected chi connectivity index (χ2v) is 6.59. The second-order valence-electron chi connectivity index (χ2n) is 4.80. The lowest BCUT2D eigenvalue weighted by Gasteiger charge is -2.15. The van der Waals surface area contributed by atoms with E-state index in [4.69, 9.17) is 50.3 Å². The maximum atomic E-state index is 7.37. The number of nitrogens with two attached hydrogens (primary N) is 2. The number of rotatable bonds is 6. The van der Waals surface area contributed by atoms with Gasteiger partial charge in [0.15, 0.2) is 5.17 Å². The van der Waals surface area contributed by atoms with Gasteiger partial charge in [-0.3, -0.25) is 10.8 Å². The molecule has 0 aliphatic heterocycles. The SMILES string of the molecule is N=C(N)SCc1c(Cl)cccc1Oc1ccccc1COC(=S)NN. The van der Waals surface area contributed by atoms with E-state index in [0.29, 0.717) is 22.3 Å². The van der Waals surface area contributed by atoms with E-state index in [-0.39, 0.29) is 16.9 Å². The van der Waals surface area contributed by atoms with E-state index in [1.54, 1.807) is 12.1 Å². The van der Waals surface area contributed by atoms with Crippen molar-refractivity contribution in [3.05, 3.63) is 58.6 Å². The number of ether oxygens (including phenoxy) is 2. The van der Waals surface area contributed by atoms with Gasteiger partial charge >= 0.3 is 0 Å². The van der Waals surface area contributed by atoms with Crippen molar-refractivity contribution in [3.63, 3.8) is 0 Å². The molecule has 2 aromatic carbocycles. The predicted molar refractivity (Wildman–Crippen MR) is 106 cm³/mol. The number of benzene rings is 2. The minimum absolute atomic E-state index is 0.0162. The number of thioether (sulfide) groups is 1. The van der Waals surface area contributed by atoms with Crippen LogP contribution in [0.1, 0.15) is 11.1 Å². The highest BCUT2D eigenvalue weighted by atomic mass is 35.5. The van der Waals surface area contributed by atoms with Crippen LogP contribution < -0.4 is 21.7 Å². The molecule has 0 unspecified atom stereocenters. The monoisotopic (exact) mass is 396 g/mol. The molecular weight excluding hydrogens is 380 g/mol. The van der Waals surface area contributed by atoms with Crippen molar-refractivity contribution in [2.24, 2.45) is 11.6 Å². The minimum Gasteiger partial charge on any atom is -0.465 e. The molecule has 6 nitrogen and oxygen atoms in total. The number of thiocarbonyl (C=S) groups is 1. The molecule has 9 heteroatoms. The van der Waals surface area contributed by atoms with E-state index in [9.17, 15) is 0 Å². The summed E-state index contributed by atoms with van der Waals surface area (Å²) in [6.07, 6.45) is 0. The standard InChI is InChI=1S/C16H17ClN4O2S2/c17-12-5-3-7-14(11(12)9-25-15(18)19)23-13-6-2-1-4-10(13)8-22-16(24)21-20/h1-7H,8-9,20H2,(H3,18,19)(H,21,24). The molecule has 0 fully saturated rings. The Labute approximate surface area is 160 Å². The molecule has 25 heavy (non-hydrogen) atoms. The third-order valence-corrected chi connectivity index (χ3v) is 4.45. The summed E-state index contributed by atoms with van der Waals surface area (Å²) in [5.41, 5.74) is 9.24. The van der Waals surface area contributed by atoms with Crippen LogP contribution in [-0.4, -0.2) is 10.3 Å². The Bertz CT molecular complexity index is 774. The van der Waals surface area contributed by atoms with Gasteiger partial charge in [-0.15, -0.1) is 0 Å². The molecule has 0 heterocycles. The molecule has 0 saturated heterocycles. The van der Waals surface area contributed by atoms with Gasteiger partial charge in [0.25, 0.3) is 5.17 Å². The van der Waals surface area contributed by atoms with Gasteiger partial charge in [-0.25, -0.2) is 5.84 Å². The van der Waals surface area contributed by atoms with Crippen LogP contribution in [0.25, 0.3) is 0 Å². The van der Waals surface area contributed by atoms with Crippen LogP contribution in [0.2, 0.25) is 5.02 Å². The van der Waals surface area contributed by atoms with Gasteiger partial charge < -0.3 is 15.2 Å². The smallest absolute Gasteiger partial charge is 0.271 e. The van der Waals surface area contributed by atoms with Crippen molar-refractivity contribution < 1.29 is 9.47 Å². The molecule has 0 aromatic heterocycles. The van der Waals surface area contributed by atoms with Gasteiger partial charge in [0.05, 0.1) is 0 Å². The molecule has 0 bridgehead atoms. The van der Waals surface area contributed by atoms with Gasteiger partial charge in [0.2, 0.25) is 0 Å². The normalized spacial score (nSPS) is 10.2. The van der Waals surface area contributed by atoms with Crippen molar-refractivity contribution in [1.29, 1.82) is 5.41 Å². The second kappa shape index (κ2) is 9.47. The summed E-state index contributed by atoms with van der Waals surface area (Å²) in [6.45, 7) is 0.206. The van der Waals surface area contributed by atoms with Gasteiger partial charge in [0.1, 0.15) is 18.1 Å². The fourth-order valence-corrected chi connectivity index (χ4v) is 2.92. The molecule has 132 valence electrons. The highest BCUT2D eigenvalue weighted by Crippen LogP contribution is 2.34. The molecule has 0 radical (unpaired) electrons. The highest BCUT2D eigenvalue weighted by molar-refractivity contribution is 8.13. The molecular formula is C16H17ClN4O2S2. The molecule has 0 spiro atoms. The van der Waals surface area contributed by atoms with Crippen LogP contribution in [0.4, 0.5) is 0 Å². The first-order valence-electron chi connectivity index (χ1n) is 7.14. The van der Waals surface area contributed by atoms with Crippen LogP contribution in [-0.2, 0) is 17.1 Å². The number of amidine groups is 1. The third kappa shape index (κ3) is 5.79. The fraction of sp³-hybridized carbons (Fsp3) is 0.125. The van der Waals surface area contributed by atoms with Gasteiger partial charge in [-0.2, -0.15) is 0 Å². The Balaban J connectivity index is 2.23. The summed E-state index contributed by atoms with van der Waals surface area (Å²) in [5.74, 6) is 6.84. The maximum absolute atomic E-state index is 7.37. The molecule has 2 rings (SSSR count). The Hall–Kier alpha value is -2.00. The summed E-state index contributed by atoms with van der Waals surface area (Å²) in [4.78, 5) is 0. The van der Waals surface area contributed by atoms with Gasteiger partial charge in [-0.1, -0.05) is 47.6 Å². The van der Waals surface area contributed by atoms with E-state index < -0.39 is 0 Å². The van der Waals surface area contributed by atoms with Crippen molar-refractivity contribution in [2.45, 2.75) is 12.4 Å². The zero-order chi connectivity index (χ0) is 18.2. The van der Waals surface area contributed by atoms with E-state index in [0.717, 1.165) is 11.1 Å². The number of hydrogen-bond donors (Lipinski definition) is 4. The van der Waals surface area contributed by atoms with Crippen molar-refractivity contribution in [1.82, 2.24) is 5.43 Å². The van der Waals surface area contributed by atoms with Crippen molar-refractivity contribution in [3.8, 4) is 11.5 Å². The van der Waals surface area contributed by atoms with Crippen molar-refractivity contribution >= 4 is 45.9 Å². The first-order chi connectivity index (χ1) is 12.0. The van der Waals surface area contributed by atoms with Crippen LogP contribution >= 0.6 is 35.6 Å². The summed E-state index contributed by atoms with van der Waals surface area (Å²) < 4.78 is 11.4. The van der Waals surface area contributed by atoms with Crippen molar-refractivity contribution in [2.75, 3.05) is 0 Å². The lowest BCUT2D eigenvalue weighted by Crippen LogP contribution is -2.30. The molecule has 0 aliphatic carbocycles.